The van der Waals surface area contributed by atoms with Crippen LogP contribution in [0.25, 0.3) is 11.6 Å². The first-order valence-electron chi connectivity index (χ1n) is 9.17. The van der Waals surface area contributed by atoms with Crippen LogP contribution in [0.3, 0.4) is 0 Å². The number of carboxylic acid groups (broad SMARTS) is 1. The summed E-state index contributed by atoms with van der Waals surface area (Å²) in [4.78, 5) is 36.5. The van der Waals surface area contributed by atoms with Gasteiger partial charge in [-0.1, -0.05) is 0 Å². The fourth-order valence-corrected chi connectivity index (χ4v) is 2.98. The van der Waals surface area contributed by atoms with Crippen LogP contribution in [0.15, 0.2) is 18.2 Å². The first-order chi connectivity index (χ1) is 14.9. The minimum absolute atomic E-state index is 0.219. The molecule has 1 aromatic carbocycles. The van der Waals surface area contributed by atoms with Gasteiger partial charge in [-0.25, -0.2) is 9.18 Å². The van der Waals surface area contributed by atoms with Gasteiger partial charge < -0.3 is 26.5 Å². The van der Waals surface area contributed by atoms with E-state index in [-0.39, 0.29) is 11.8 Å². The summed E-state index contributed by atoms with van der Waals surface area (Å²) in [5.74, 6) is -3.69. The van der Waals surface area contributed by atoms with E-state index in [9.17, 15) is 27.2 Å². The molecule has 3 rings (SSSR count). The third-order valence-electron chi connectivity index (χ3n) is 4.43. The summed E-state index contributed by atoms with van der Waals surface area (Å²) in [5.41, 5.74) is 9.41. The van der Waals surface area contributed by atoms with Crippen LogP contribution in [0.4, 0.5) is 23.2 Å². The van der Waals surface area contributed by atoms with Crippen molar-refractivity contribution in [2.75, 3.05) is 18.4 Å². The van der Waals surface area contributed by atoms with Gasteiger partial charge in [0.2, 0.25) is 0 Å². The van der Waals surface area contributed by atoms with Crippen LogP contribution in [-0.2, 0) is 9.59 Å². The normalized spacial score (nSPS) is 13.8. The van der Waals surface area contributed by atoms with Crippen LogP contribution in [0.5, 0.6) is 0 Å². The molecule has 0 saturated carbocycles. The standard InChI is InChI=1S/C18H19FN4O2.C2HF3O2/c1-9-15(22-10(2)16(9)18(25)21-6-5-20)8-13-12-7-11(19)3-4-14(12)23-17(13)24;3-2(4,5)1(6)7/h3-4,7-8,22H,5-6,20H2,1-2H3,(H,21,25)(H,23,24);(H,6,7). The minimum Gasteiger partial charge on any atom is -0.475 e. The van der Waals surface area contributed by atoms with Gasteiger partial charge in [-0.05, 0) is 43.7 Å². The highest BCUT2D eigenvalue weighted by Gasteiger charge is 2.38. The number of anilines is 1. The number of nitrogens with one attached hydrogen (secondary N) is 3. The number of hydrogen-bond donors (Lipinski definition) is 5. The zero-order valence-corrected chi connectivity index (χ0v) is 17.0. The summed E-state index contributed by atoms with van der Waals surface area (Å²) in [6.45, 7) is 4.32. The number of aromatic amines is 1. The Bertz CT molecular complexity index is 1090. The number of benzene rings is 1. The van der Waals surface area contributed by atoms with Crippen molar-refractivity contribution in [2.45, 2.75) is 20.0 Å². The number of rotatable bonds is 4. The molecule has 2 heterocycles. The smallest absolute Gasteiger partial charge is 0.475 e. The lowest BCUT2D eigenvalue weighted by atomic mass is 10.0. The van der Waals surface area contributed by atoms with Gasteiger partial charge in [0.15, 0.2) is 0 Å². The second-order valence-electron chi connectivity index (χ2n) is 6.71. The topological polar surface area (TPSA) is 137 Å². The monoisotopic (exact) mass is 456 g/mol. The third kappa shape index (κ3) is 5.52. The lowest BCUT2D eigenvalue weighted by molar-refractivity contribution is -0.192. The van der Waals surface area contributed by atoms with Crippen LogP contribution in [0, 0.1) is 19.7 Å². The van der Waals surface area contributed by atoms with Crippen molar-refractivity contribution >= 4 is 35.1 Å². The Balaban J connectivity index is 0.000000451. The van der Waals surface area contributed by atoms with Gasteiger partial charge in [-0.2, -0.15) is 13.2 Å². The Labute approximate surface area is 179 Å². The molecular weight excluding hydrogens is 436 g/mol. The first kappa shape index (κ1) is 24.6. The Morgan fingerprint density at radius 2 is 1.88 bits per heavy atom. The lowest BCUT2D eigenvalue weighted by Crippen LogP contribution is -2.29. The molecule has 0 spiro atoms. The number of halogens is 4. The summed E-state index contributed by atoms with van der Waals surface area (Å²) in [6, 6.07) is 4.15. The molecule has 0 saturated heterocycles. The molecule has 1 aromatic heterocycles. The number of carboxylic acids is 1. The third-order valence-corrected chi connectivity index (χ3v) is 4.43. The summed E-state index contributed by atoms with van der Waals surface area (Å²) in [5, 5.41) is 12.6. The van der Waals surface area contributed by atoms with Gasteiger partial charge in [-0.15, -0.1) is 0 Å². The van der Waals surface area contributed by atoms with Crippen molar-refractivity contribution < 1.29 is 37.1 Å². The van der Waals surface area contributed by atoms with E-state index >= 15 is 0 Å². The maximum atomic E-state index is 13.5. The summed E-state index contributed by atoms with van der Waals surface area (Å²) in [7, 11) is 0. The maximum Gasteiger partial charge on any atom is 0.490 e. The van der Waals surface area contributed by atoms with Crippen molar-refractivity contribution in [2.24, 2.45) is 5.73 Å². The molecule has 0 fully saturated rings. The predicted octanol–water partition coefficient (Wildman–Crippen LogP) is 2.59. The van der Waals surface area contributed by atoms with Crippen molar-refractivity contribution in [3.8, 4) is 0 Å². The van der Waals surface area contributed by atoms with Crippen LogP contribution in [0.1, 0.15) is 32.9 Å². The Kier molecular flexibility index (Phi) is 7.41. The highest BCUT2D eigenvalue weighted by molar-refractivity contribution is 6.34. The van der Waals surface area contributed by atoms with Crippen molar-refractivity contribution in [1.82, 2.24) is 10.3 Å². The molecular formula is C20H20F4N4O4. The van der Waals surface area contributed by atoms with E-state index in [0.717, 1.165) is 5.56 Å². The minimum atomic E-state index is -5.08. The molecule has 6 N–H and O–H groups in total. The zero-order valence-electron chi connectivity index (χ0n) is 17.0. The Morgan fingerprint density at radius 1 is 1.25 bits per heavy atom. The number of alkyl halides is 3. The molecule has 0 radical (unpaired) electrons. The predicted molar refractivity (Wildman–Crippen MR) is 108 cm³/mol. The highest BCUT2D eigenvalue weighted by atomic mass is 19.4. The van der Waals surface area contributed by atoms with E-state index in [4.69, 9.17) is 15.6 Å². The van der Waals surface area contributed by atoms with E-state index in [1.165, 1.54) is 18.2 Å². The zero-order chi connectivity index (χ0) is 24.2. The molecule has 8 nitrogen and oxygen atoms in total. The number of hydrogen-bond acceptors (Lipinski definition) is 4. The van der Waals surface area contributed by atoms with Crippen LogP contribution < -0.4 is 16.4 Å². The number of carbonyl (C=O) groups excluding carboxylic acids is 2. The van der Waals surface area contributed by atoms with E-state index in [1.807, 2.05) is 0 Å². The van der Waals surface area contributed by atoms with Crippen LogP contribution >= 0.6 is 0 Å². The lowest BCUT2D eigenvalue weighted by Gasteiger charge is -2.04. The van der Waals surface area contributed by atoms with Crippen LogP contribution in [0.2, 0.25) is 0 Å². The fourth-order valence-electron chi connectivity index (χ4n) is 2.98. The van der Waals surface area contributed by atoms with E-state index < -0.39 is 18.0 Å². The van der Waals surface area contributed by atoms with E-state index in [1.54, 1.807) is 19.9 Å². The van der Waals surface area contributed by atoms with Gasteiger partial charge in [0, 0.05) is 35.7 Å². The Morgan fingerprint density at radius 3 is 2.44 bits per heavy atom. The van der Waals surface area contributed by atoms with Gasteiger partial charge in [0.05, 0.1) is 11.1 Å². The number of carbonyl (C=O) groups is 3. The first-order valence-corrected chi connectivity index (χ1v) is 9.17. The fraction of sp³-hybridized carbons (Fsp3) is 0.250. The average molecular weight is 456 g/mol. The molecule has 0 bridgehead atoms. The molecule has 1 aliphatic rings. The van der Waals surface area contributed by atoms with E-state index in [0.29, 0.717) is 46.9 Å². The van der Waals surface area contributed by atoms with Crippen molar-refractivity contribution in [3.05, 3.63) is 52.1 Å². The van der Waals surface area contributed by atoms with Gasteiger partial charge in [0.25, 0.3) is 11.8 Å². The molecule has 12 heteroatoms. The molecule has 2 amide bonds. The second kappa shape index (κ2) is 9.64. The molecule has 0 atom stereocenters. The molecule has 0 unspecified atom stereocenters. The molecule has 1 aliphatic heterocycles. The summed E-state index contributed by atoms with van der Waals surface area (Å²) < 4.78 is 45.3. The Hall–Kier alpha value is -3.67. The number of nitrogens with two attached hydrogens (primary N) is 1. The highest BCUT2D eigenvalue weighted by Crippen LogP contribution is 2.34. The number of aliphatic carboxylic acids is 1. The maximum absolute atomic E-state index is 13.5. The van der Waals surface area contributed by atoms with Gasteiger partial charge in [-0.3, -0.25) is 9.59 Å². The van der Waals surface area contributed by atoms with Gasteiger partial charge in [0.1, 0.15) is 5.82 Å². The van der Waals surface area contributed by atoms with Crippen LogP contribution in [-0.4, -0.2) is 47.1 Å². The summed E-state index contributed by atoms with van der Waals surface area (Å²) >= 11 is 0. The van der Waals surface area contributed by atoms with Crippen molar-refractivity contribution in [3.63, 3.8) is 0 Å². The van der Waals surface area contributed by atoms with Gasteiger partial charge >= 0.3 is 12.1 Å². The second-order valence-corrected chi connectivity index (χ2v) is 6.71. The number of aromatic nitrogens is 1. The number of fused-ring (bicyclic) bond motifs is 1. The molecule has 2 aromatic rings. The summed E-state index contributed by atoms with van der Waals surface area (Å²) in [6.07, 6.45) is -3.44. The number of H-pyrrole nitrogens is 1. The van der Waals surface area contributed by atoms with Crippen molar-refractivity contribution in [1.29, 1.82) is 0 Å². The number of aryl methyl sites for hydroxylation is 1. The molecule has 32 heavy (non-hydrogen) atoms. The average Bonchev–Trinajstić information content (AvgIpc) is 3.15. The number of amides is 2. The quantitative estimate of drug-likeness (QED) is 0.356. The SMILES string of the molecule is Cc1[nH]c(C=C2C(=O)Nc3ccc(F)cc32)c(C)c1C(=O)NCCN.O=C(O)C(F)(F)F. The molecule has 0 aliphatic carbocycles. The van der Waals surface area contributed by atoms with E-state index in [2.05, 4.69) is 15.6 Å². The molecule has 172 valence electrons. The largest absolute Gasteiger partial charge is 0.490 e.